The van der Waals surface area contributed by atoms with Crippen LogP contribution in [0, 0.1) is 13.8 Å². The van der Waals surface area contributed by atoms with E-state index in [1.54, 1.807) is 12.3 Å². The zero-order valence-electron chi connectivity index (χ0n) is 19.0. The topological polar surface area (TPSA) is 80.9 Å². The van der Waals surface area contributed by atoms with E-state index >= 15 is 0 Å². The summed E-state index contributed by atoms with van der Waals surface area (Å²) in [5, 5.41) is 2.88. The number of aromatic nitrogens is 2. The quantitative estimate of drug-likeness (QED) is 0.360. The second kappa shape index (κ2) is 12.3. The molecule has 7 heteroatoms. The molecule has 0 fully saturated rings. The van der Waals surface area contributed by atoms with Crippen molar-refractivity contribution in [1.82, 2.24) is 9.97 Å². The van der Waals surface area contributed by atoms with Crippen molar-refractivity contribution >= 4 is 36.5 Å². The summed E-state index contributed by atoms with van der Waals surface area (Å²) in [5.41, 5.74) is 12.7. The van der Waals surface area contributed by atoms with Crippen molar-refractivity contribution in [3.8, 4) is 11.1 Å². The Hall–Kier alpha value is -3.25. The van der Waals surface area contributed by atoms with Crippen LogP contribution < -0.4 is 11.1 Å². The molecule has 0 spiro atoms. The number of carbonyl (C=O) groups excluding carboxylic acids is 1. The summed E-state index contributed by atoms with van der Waals surface area (Å²) in [5.74, 6) is -0.0727. The highest BCUT2D eigenvalue weighted by Gasteiger charge is 2.28. The maximum absolute atomic E-state index is 13.1. The van der Waals surface area contributed by atoms with Gasteiger partial charge in [0.25, 0.3) is 0 Å². The number of nitrogens with zero attached hydrogens (tertiary/aromatic N) is 2. The Kier molecular flexibility index (Phi) is 9.75. The number of amides is 1. The fourth-order valence-electron chi connectivity index (χ4n) is 4.06. The maximum atomic E-state index is 13.1. The Morgan fingerprint density at radius 2 is 1.32 bits per heavy atom. The third-order valence-corrected chi connectivity index (χ3v) is 5.61. The summed E-state index contributed by atoms with van der Waals surface area (Å²) in [7, 11) is 0. The van der Waals surface area contributed by atoms with Crippen molar-refractivity contribution in [1.29, 1.82) is 0 Å². The van der Waals surface area contributed by atoms with Crippen molar-refractivity contribution < 1.29 is 4.79 Å². The van der Waals surface area contributed by atoms with E-state index in [2.05, 4.69) is 15.3 Å². The summed E-state index contributed by atoms with van der Waals surface area (Å²) < 4.78 is 0. The van der Waals surface area contributed by atoms with Crippen LogP contribution in [-0.2, 0) is 4.79 Å². The standard InChI is InChI=1S/C27H26N4O.2ClH/c1-18-15-29-16-19(2)24(18)22-13-14-23(30-17-22)31-27(32)26(28)25(20-9-5-3-6-10-20)21-11-7-4-8-12-21;;/h3-17,25-26H,28H2,1-2H3,(H,30,31,32);2*1H. The molecule has 2 aromatic heterocycles. The first-order valence-electron chi connectivity index (χ1n) is 10.6. The summed E-state index contributed by atoms with van der Waals surface area (Å²) in [6.45, 7) is 4.05. The molecule has 1 amide bonds. The van der Waals surface area contributed by atoms with E-state index in [9.17, 15) is 4.79 Å². The van der Waals surface area contributed by atoms with E-state index in [-0.39, 0.29) is 36.6 Å². The molecule has 0 aliphatic heterocycles. The molecule has 0 saturated carbocycles. The molecular weight excluding hydrogens is 467 g/mol. The van der Waals surface area contributed by atoms with E-state index in [4.69, 9.17) is 5.73 Å². The number of carbonyl (C=O) groups is 1. The van der Waals surface area contributed by atoms with Crippen molar-refractivity contribution in [3.63, 3.8) is 0 Å². The van der Waals surface area contributed by atoms with Gasteiger partial charge in [-0.2, -0.15) is 0 Å². The Morgan fingerprint density at radius 1 is 0.794 bits per heavy atom. The Bertz CT molecular complexity index is 1140. The smallest absolute Gasteiger partial charge is 0.243 e. The lowest BCUT2D eigenvalue weighted by molar-refractivity contribution is -0.117. The van der Waals surface area contributed by atoms with Gasteiger partial charge in [0.05, 0.1) is 6.04 Å². The van der Waals surface area contributed by atoms with Crippen LogP contribution in [0.15, 0.2) is 91.4 Å². The van der Waals surface area contributed by atoms with Crippen molar-refractivity contribution in [2.75, 3.05) is 5.32 Å². The van der Waals surface area contributed by atoms with Crippen LogP contribution in [-0.4, -0.2) is 21.9 Å². The van der Waals surface area contributed by atoms with E-state index in [0.29, 0.717) is 5.82 Å². The van der Waals surface area contributed by atoms with Crippen LogP contribution in [0.25, 0.3) is 11.1 Å². The number of nitrogens with one attached hydrogen (secondary N) is 1. The zero-order valence-corrected chi connectivity index (χ0v) is 20.6. The molecule has 176 valence electrons. The van der Waals surface area contributed by atoms with Gasteiger partial charge in [-0.15, -0.1) is 24.8 Å². The fourth-order valence-corrected chi connectivity index (χ4v) is 4.06. The minimum atomic E-state index is -0.772. The number of aryl methyl sites for hydroxylation is 2. The Labute approximate surface area is 212 Å². The molecule has 4 aromatic rings. The number of hydrogen-bond acceptors (Lipinski definition) is 4. The van der Waals surface area contributed by atoms with Gasteiger partial charge in [0.2, 0.25) is 5.91 Å². The molecule has 4 rings (SSSR count). The van der Waals surface area contributed by atoms with Crippen LogP contribution in [0.2, 0.25) is 0 Å². The number of nitrogens with two attached hydrogens (primary N) is 1. The molecule has 0 bridgehead atoms. The number of hydrogen-bond donors (Lipinski definition) is 2. The normalized spacial score (nSPS) is 11.2. The summed E-state index contributed by atoms with van der Waals surface area (Å²) in [6, 6.07) is 22.7. The molecule has 2 aromatic carbocycles. The largest absolute Gasteiger partial charge is 0.319 e. The van der Waals surface area contributed by atoms with Gasteiger partial charge >= 0.3 is 0 Å². The summed E-state index contributed by atoms with van der Waals surface area (Å²) in [4.78, 5) is 21.8. The van der Waals surface area contributed by atoms with Crippen LogP contribution in [0.5, 0.6) is 0 Å². The maximum Gasteiger partial charge on any atom is 0.243 e. The van der Waals surface area contributed by atoms with Crippen LogP contribution in [0.1, 0.15) is 28.2 Å². The van der Waals surface area contributed by atoms with E-state index in [0.717, 1.165) is 33.4 Å². The predicted molar refractivity (Wildman–Crippen MR) is 143 cm³/mol. The molecular formula is C27H28Cl2N4O. The fraction of sp³-hybridized carbons (Fsp3) is 0.148. The average Bonchev–Trinajstić information content (AvgIpc) is 2.81. The van der Waals surface area contributed by atoms with Gasteiger partial charge in [-0.25, -0.2) is 4.98 Å². The van der Waals surface area contributed by atoms with Crippen molar-refractivity contribution in [3.05, 3.63) is 114 Å². The highest BCUT2D eigenvalue weighted by atomic mass is 35.5. The average molecular weight is 495 g/mol. The number of rotatable bonds is 6. The van der Waals surface area contributed by atoms with Crippen molar-refractivity contribution in [2.45, 2.75) is 25.8 Å². The van der Waals surface area contributed by atoms with Crippen LogP contribution in [0.3, 0.4) is 0 Å². The predicted octanol–water partition coefficient (Wildman–Crippen LogP) is 5.70. The zero-order chi connectivity index (χ0) is 22.5. The molecule has 5 nitrogen and oxygen atoms in total. The third kappa shape index (κ3) is 6.00. The molecule has 0 saturated heterocycles. The minimum Gasteiger partial charge on any atom is -0.319 e. The second-order valence-corrected chi connectivity index (χ2v) is 7.89. The lowest BCUT2D eigenvalue weighted by Gasteiger charge is -2.24. The monoisotopic (exact) mass is 494 g/mol. The Balaban J connectivity index is 0.00000204. The van der Waals surface area contributed by atoms with Gasteiger partial charge in [-0.3, -0.25) is 9.78 Å². The van der Waals surface area contributed by atoms with Crippen LogP contribution in [0.4, 0.5) is 5.82 Å². The number of pyridine rings is 2. The molecule has 1 atom stereocenters. The van der Waals surface area contributed by atoms with Gasteiger partial charge in [0, 0.05) is 30.1 Å². The molecule has 3 N–H and O–H groups in total. The lowest BCUT2D eigenvalue weighted by Crippen LogP contribution is -2.41. The highest BCUT2D eigenvalue weighted by molar-refractivity contribution is 5.95. The molecule has 1 unspecified atom stereocenters. The van der Waals surface area contributed by atoms with E-state index in [1.807, 2.05) is 93.0 Å². The van der Waals surface area contributed by atoms with E-state index < -0.39 is 6.04 Å². The minimum absolute atomic E-state index is 0. The first kappa shape index (κ1) is 27.0. The number of halogens is 2. The molecule has 0 radical (unpaired) electrons. The number of anilines is 1. The van der Waals surface area contributed by atoms with Crippen LogP contribution >= 0.6 is 24.8 Å². The molecule has 34 heavy (non-hydrogen) atoms. The Morgan fingerprint density at radius 3 is 1.79 bits per heavy atom. The van der Waals surface area contributed by atoms with Gasteiger partial charge in [-0.1, -0.05) is 60.7 Å². The summed E-state index contributed by atoms with van der Waals surface area (Å²) in [6.07, 6.45) is 5.44. The van der Waals surface area contributed by atoms with Gasteiger partial charge in [0.1, 0.15) is 5.82 Å². The number of benzene rings is 2. The van der Waals surface area contributed by atoms with Gasteiger partial charge in [-0.05, 0) is 53.8 Å². The SMILES string of the molecule is Cc1cncc(C)c1-c1ccc(NC(=O)C(N)C(c2ccccc2)c2ccccc2)nc1.Cl.Cl. The first-order chi connectivity index (χ1) is 15.5. The third-order valence-electron chi connectivity index (χ3n) is 5.61. The molecule has 2 heterocycles. The summed E-state index contributed by atoms with van der Waals surface area (Å²) >= 11 is 0. The second-order valence-electron chi connectivity index (χ2n) is 7.89. The molecule has 0 aliphatic rings. The van der Waals surface area contributed by atoms with Crippen molar-refractivity contribution in [2.24, 2.45) is 5.73 Å². The van der Waals surface area contributed by atoms with Gasteiger partial charge < -0.3 is 11.1 Å². The van der Waals surface area contributed by atoms with Gasteiger partial charge in [0.15, 0.2) is 0 Å². The first-order valence-corrected chi connectivity index (χ1v) is 10.6. The lowest BCUT2D eigenvalue weighted by atomic mass is 9.85. The molecule has 0 aliphatic carbocycles. The highest BCUT2D eigenvalue weighted by Crippen LogP contribution is 2.29. The van der Waals surface area contributed by atoms with E-state index in [1.165, 1.54) is 0 Å².